The standard InChI is InChI=1S/C20H20BrNO4/c1-13-3-8-17(14(2)11-13)18(23)12-26-19(24)9-10-22-20(25)15-4-6-16(21)7-5-15/h3-8,11H,9-10,12H2,1-2H3,(H,22,25). The van der Waals surface area contributed by atoms with E-state index in [0.717, 1.165) is 15.6 Å². The Hall–Kier alpha value is -2.47. The molecule has 0 radical (unpaired) electrons. The van der Waals surface area contributed by atoms with Crippen LogP contribution in [0.4, 0.5) is 0 Å². The second kappa shape index (κ2) is 9.29. The SMILES string of the molecule is Cc1ccc(C(=O)COC(=O)CCNC(=O)c2ccc(Br)cc2)c(C)c1. The van der Waals surface area contributed by atoms with Gasteiger partial charge < -0.3 is 10.1 Å². The van der Waals surface area contributed by atoms with Gasteiger partial charge >= 0.3 is 5.97 Å². The summed E-state index contributed by atoms with van der Waals surface area (Å²) < 4.78 is 5.88. The van der Waals surface area contributed by atoms with Crippen molar-refractivity contribution in [2.45, 2.75) is 20.3 Å². The van der Waals surface area contributed by atoms with Crippen molar-refractivity contribution in [1.29, 1.82) is 0 Å². The lowest BCUT2D eigenvalue weighted by Gasteiger charge is -2.08. The highest BCUT2D eigenvalue weighted by molar-refractivity contribution is 9.10. The molecule has 0 aliphatic rings. The number of hydrogen-bond donors (Lipinski definition) is 1. The molecule has 0 aliphatic carbocycles. The number of ketones is 1. The molecule has 0 saturated carbocycles. The Morgan fingerprint density at radius 3 is 2.38 bits per heavy atom. The maximum Gasteiger partial charge on any atom is 0.308 e. The van der Waals surface area contributed by atoms with Gasteiger partial charge in [-0.15, -0.1) is 0 Å². The first-order chi connectivity index (χ1) is 12.4. The summed E-state index contributed by atoms with van der Waals surface area (Å²) in [5.74, 6) is -1.04. The zero-order chi connectivity index (χ0) is 19.1. The lowest BCUT2D eigenvalue weighted by molar-refractivity contribution is -0.142. The first-order valence-corrected chi connectivity index (χ1v) is 8.96. The molecule has 1 N–H and O–H groups in total. The van der Waals surface area contributed by atoms with Gasteiger partial charge in [-0.1, -0.05) is 39.7 Å². The summed E-state index contributed by atoms with van der Waals surface area (Å²) in [4.78, 5) is 35.8. The lowest BCUT2D eigenvalue weighted by atomic mass is 10.0. The molecule has 26 heavy (non-hydrogen) atoms. The van der Waals surface area contributed by atoms with Gasteiger partial charge in [-0.25, -0.2) is 0 Å². The average molecular weight is 418 g/mol. The van der Waals surface area contributed by atoms with Crippen LogP contribution in [0.3, 0.4) is 0 Å². The third-order valence-electron chi connectivity index (χ3n) is 3.77. The van der Waals surface area contributed by atoms with Crippen molar-refractivity contribution in [2.75, 3.05) is 13.2 Å². The molecule has 0 saturated heterocycles. The topological polar surface area (TPSA) is 72.5 Å². The van der Waals surface area contributed by atoms with Crippen molar-refractivity contribution in [3.8, 4) is 0 Å². The molecule has 0 bridgehead atoms. The van der Waals surface area contributed by atoms with E-state index in [1.807, 2.05) is 26.0 Å². The Balaban J connectivity index is 1.74. The second-order valence-electron chi connectivity index (χ2n) is 5.92. The number of aryl methyl sites for hydroxylation is 2. The molecule has 0 aliphatic heterocycles. The molecule has 0 unspecified atom stereocenters. The van der Waals surface area contributed by atoms with E-state index in [1.54, 1.807) is 30.3 Å². The summed E-state index contributed by atoms with van der Waals surface area (Å²) >= 11 is 3.30. The van der Waals surface area contributed by atoms with Crippen LogP contribution in [-0.4, -0.2) is 30.8 Å². The Kier molecular flexibility index (Phi) is 7.09. The van der Waals surface area contributed by atoms with Crippen LogP contribution < -0.4 is 5.32 Å². The summed E-state index contributed by atoms with van der Waals surface area (Å²) in [6.45, 7) is 3.64. The second-order valence-corrected chi connectivity index (χ2v) is 6.83. The van der Waals surface area contributed by atoms with Crippen molar-refractivity contribution >= 4 is 33.6 Å². The van der Waals surface area contributed by atoms with Crippen molar-refractivity contribution in [3.05, 3.63) is 69.2 Å². The Labute approximate surface area is 160 Å². The largest absolute Gasteiger partial charge is 0.457 e. The van der Waals surface area contributed by atoms with Gasteiger partial charge in [-0.2, -0.15) is 0 Å². The number of benzene rings is 2. The highest BCUT2D eigenvalue weighted by Gasteiger charge is 2.13. The minimum atomic E-state index is -0.528. The molecule has 6 heteroatoms. The smallest absolute Gasteiger partial charge is 0.308 e. The van der Waals surface area contributed by atoms with Gasteiger partial charge in [-0.3, -0.25) is 14.4 Å². The fourth-order valence-electron chi connectivity index (χ4n) is 2.40. The third-order valence-corrected chi connectivity index (χ3v) is 4.30. The maximum atomic E-state index is 12.1. The molecule has 1 amide bonds. The highest BCUT2D eigenvalue weighted by atomic mass is 79.9. The number of halogens is 1. The van der Waals surface area contributed by atoms with E-state index in [2.05, 4.69) is 21.2 Å². The van der Waals surface area contributed by atoms with E-state index in [4.69, 9.17) is 4.74 Å². The fourth-order valence-corrected chi connectivity index (χ4v) is 2.67. The number of amides is 1. The molecule has 136 valence electrons. The summed E-state index contributed by atoms with van der Waals surface area (Å²) in [7, 11) is 0. The van der Waals surface area contributed by atoms with E-state index in [-0.39, 0.29) is 31.3 Å². The van der Waals surface area contributed by atoms with Crippen LogP contribution >= 0.6 is 15.9 Å². The zero-order valence-electron chi connectivity index (χ0n) is 14.7. The molecule has 0 spiro atoms. The van der Waals surface area contributed by atoms with E-state index in [9.17, 15) is 14.4 Å². The quantitative estimate of drug-likeness (QED) is 0.551. The number of carbonyl (C=O) groups is 3. The Morgan fingerprint density at radius 2 is 1.73 bits per heavy atom. The van der Waals surface area contributed by atoms with E-state index < -0.39 is 5.97 Å². The van der Waals surface area contributed by atoms with Crippen molar-refractivity contribution in [1.82, 2.24) is 5.32 Å². The molecule has 2 aromatic rings. The molecule has 0 atom stereocenters. The van der Waals surface area contributed by atoms with E-state index in [0.29, 0.717) is 11.1 Å². The number of ether oxygens (including phenoxy) is 1. The number of rotatable bonds is 7. The predicted octanol–water partition coefficient (Wildman–Crippen LogP) is 3.61. The molecular weight excluding hydrogens is 398 g/mol. The first kappa shape index (κ1) is 19.8. The van der Waals surface area contributed by atoms with Crippen LogP contribution in [0.2, 0.25) is 0 Å². The Morgan fingerprint density at radius 1 is 1.04 bits per heavy atom. The van der Waals surface area contributed by atoms with Gasteiger partial charge in [-0.05, 0) is 43.7 Å². The van der Waals surface area contributed by atoms with Gasteiger partial charge in [0.15, 0.2) is 6.61 Å². The van der Waals surface area contributed by atoms with Gasteiger partial charge in [0.1, 0.15) is 0 Å². The van der Waals surface area contributed by atoms with Crippen molar-refractivity contribution in [2.24, 2.45) is 0 Å². The van der Waals surface area contributed by atoms with Crippen LogP contribution in [0.1, 0.15) is 38.3 Å². The van der Waals surface area contributed by atoms with Crippen LogP contribution in [0, 0.1) is 13.8 Å². The van der Waals surface area contributed by atoms with E-state index in [1.165, 1.54) is 0 Å². The molecule has 2 aromatic carbocycles. The monoisotopic (exact) mass is 417 g/mol. The Bertz CT molecular complexity index is 815. The summed E-state index contributed by atoms with van der Waals surface area (Å²) in [6.07, 6.45) is 0.00241. The fraction of sp³-hybridized carbons (Fsp3) is 0.250. The van der Waals surface area contributed by atoms with Gasteiger partial charge in [0.2, 0.25) is 5.78 Å². The van der Waals surface area contributed by atoms with Crippen LogP contribution in [0.15, 0.2) is 46.9 Å². The van der Waals surface area contributed by atoms with Crippen LogP contribution in [0.5, 0.6) is 0 Å². The number of Topliss-reactive ketones (excluding diaryl/α,β-unsaturated/α-hetero) is 1. The maximum absolute atomic E-state index is 12.1. The minimum absolute atomic E-state index is 0.00241. The van der Waals surface area contributed by atoms with Gasteiger partial charge in [0.25, 0.3) is 5.91 Å². The summed E-state index contributed by atoms with van der Waals surface area (Å²) in [6, 6.07) is 12.4. The zero-order valence-corrected chi connectivity index (χ0v) is 16.3. The molecule has 2 rings (SSSR count). The van der Waals surface area contributed by atoms with Crippen LogP contribution in [0.25, 0.3) is 0 Å². The average Bonchev–Trinajstić information content (AvgIpc) is 2.60. The lowest BCUT2D eigenvalue weighted by Crippen LogP contribution is -2.27. The molecule has 5 nitrogen and oxygen atoms in total. The summed E-state index contributed by atoms with van der Waals surface area (Å²) in [5.41, 5.74) is 2.98. The minimum Gasteiger partial charge on any atom is -0.457 e. The first-order valence-electron chi connectivity index (χ1n) is 8.16. The highest BCUT2D eigenvalue weighted by Crippen LogP contribution is 2.12. The number of hydrogen-bond acceptors (Lipinski definition) is 4. The third kappa shape index (κ3) is 5.81. The molecule has 0 fully saturated rings. The van der Waals surface area contributed by atoms with Crippen molar-refractivity contribution < 1.29 is 19.1 Å². The van der Waals surface area contributed by atoms with Crippen molar-refractivity contribution in [3.63, 3.8) is 0 Å². The number of nitrogens with one attached hydrogen (secondary N) is 1. The summed E-state index contributed by atoms with van der Waals surface area (Å²) in [5, 5.41) is 2.64. The molecule has 0 aromatic heterocycles. The van der Waals surface area contributed by atoms with E-state index >= 15 is 0 Å². The van der Waals surface area contributed by atoms with Gasteiger partial charge in [0, 0.05) is 22.1 Å². The molecular formula is C20H20BrNO4. The molecule has 0 heterocycles. The number of carbonyl (C=O) groups excluding carboxylic acids is 3. The van der Waals surface area contributed by atoms with Gasteiger partial charge in [0.05, 0.1) is 6.42 Å². The van der Waals surface area contributed by atoms with Crippen LogP contribution in [-0.2, 0) is 9.53 Å². The number of esters is 1. The normalized spacial score (nSPS) is 10.3. The predicted molar refractivity (Wildman–Crippen MR) is 102 cm³/mol.